The van der Waals surface area contributed by atoms with Crippen LogP contribution >= 0.6 is 0 Å². The monoisotopic (exact) mass is 679 g/mol. The van der Waals surface area contributed by atoms with E-state index in [4.69, 9.17) is 14.0 Å². The van der Waals surface area contributed by atoms with Crippen LogP contribution < -0.4 is 9.46 Å². The predicted octanol–water partition coefficient (Wildman–Crippen LogP) is 3.69. The summed E-state index contributed by atoms with van der Waals surface area (Å²) in [5.41, 5.74) is 0.539. The molecule has 0 saturated heterocycles. The highest BCUT2D eigenvalue weighted by Crippen LogP contribution is 2.30. The van der Waals surface area contributed by atoms with Gasteiger partial charge < -0.3 is 33.8 Å². The van der Waals surface area contributed by atoms with Gasteiger partial charge in [0.05, 0.1) is 30.4 Å². The lowest BCUT2D eigenvalue weighted by Gasteiger charge is -2.36. The Balaban J connectivity index is 1.95. The van der Waals surface area contributed by atoms with E-state index in [-0.39, 0.29) is 64.8 Å². The molecule has 14 heteroatoms. The van der Waals surface area contributed by atoms with Gasteiger partial charge in [-0.2, -0.15) is 0 Å². The van der Waals surface area contributed by atoms with E-state index in [0.717, 1.165) is 25.8 Å². The molecule has 0 radical (unpaired) electrons. The molecule has 3 rings (SSSR count). The number of nitrogens with one attached hydrogen (secondary N) is 1. The van der Waals surface area contributed by atoms with E-state index in [9.17, 15) is 23.1 Å². The number of rotatable bonds is 11. The van der Waals surface area contributed by atoms with Crippen LogP contribution in [-0.4, -0.2) is 117 Å². The first kappa shape index (κ1) is 38.2. The molecular weight excluding hydrogens is 626 g/mol. The highest BCUT2D eigenvalue weighted by Gasteiger charge is 2.32. The second kappa shape index (κ2) is 17.3. The Morgan fingerprint density at radius 1 is 1.19 bits per heavy atom. The standard InChI is InChI=1S/C33H53N5O8S/c1-22-19-38(23(2)21-39)33(41)28-18-27(35-47(42,43)32-25(4)34-46-26(32)5)14-15-29(28)45-24(3)12-9-10-17-44-30(22)20-37(8)31(40)13-11-16-36(6)7/h14-15,18,22-24,30,35,39H,9-13,16-17,19-21H2,1-8H3/t22-,23+,24-,30-/m1/s1. The minimum atomic E-state index is -4.08. The van der Waals surface area contributed by atoms with Crippen molar-refractivity contribution in [2.45, 2.75) is 89.9 Å². The third-order valence-electron chi connectivity index (χ3n) is 8.42. The zero-order chi connectivity index (χ0) is 34.9. The van der Waals surface area contributed by atoms with Crippen LogP contribution in [-0.2, 0) is 19.6 Å². The number of fused-ring (bicyclic) bond motifs is 1. The molecule has 0 bridgehead atoms. The van der Waals surface area contributed by atoms with E-state index in [2.05, 4.69) is 9.88 Å². The normalized spacial score (nSPS) is 20.7. The number of carbonyl (C=O) groups excluding carboxylic acids is 2. The minimum absolute atomic E-state index is 0.0326. The zero-order valence-electron chi connectivity index (χ0n) is 29.1. The summed E-state index contributed by atoms with van der Waals surface area (Å²) in [7, 11) is 1.65. The van der Waals surface area contributed by atoms with E-state index in [0.29, 0.717) is 31.7 Å². The molecule has 2 N–H and O–H groups in total. The summed E-state index contributed by atoms with van der Waals surface area (Å²) in [5, 5.41) is 14.0. The van der Waals surface area contributed by atoms with Crippen LogP contribution in [0.15, 0.2) is 27.6 Å². The van der Waals surface area contributed by atoms with Gasteiger partial charge in [0.25, 0.3) is 15.9 Å². The van der Waals surface area contributed by atoms with Crippen molar-refractivity contribution in [1.29, 1.82) is 0 Å². The van der Waals surface area contributed by atoms with Crippen molar-refractivity contribution in [3.05, 3.63) is 35.2 Å². The Morgan fingerprint density at radius 3 is 2.55 bits per heavy atom. The van der Waals surface area contributed by atoms with Gasteiger partial charge in [-0.25, -0.2) is 8.42 Å². The van der Waals surface area contributed by atoms with Crippen molar-refractivity contribution in [3.63, 3.8) is 0 Å². The first-order valence-corrected chi connectivity index (χ1v) is 17.8. The molecule has 4 atom stereocenters. The van der Waals surface area contributed by atoms with Gasteiger partial charge >= 0.3 is 0 Å². The summed E-state index contributed by atoms with van der Waals surface area (Å²) in [5.74, 6) is -0.139. The van der Waals surface area contributed by atoms with Crippen LogP contribution in [0.5, 0.6) is 5.75 Å². The Morgan fingerprint density at radius 2 is 1.91 bits per heavy atom. The van der Waals surface area contributed by atoms with Gasteiger partial charge in [-0.3, -0.25) is 14.3 Å². The first-order chi connectivity index (χ1) is 22.1. The summed E-state index contributed by atoms with van der Waals surface area (Å²) in [6.07, 6.45) is 2.92. The van der Waals surface area contributed by atoms with E-state index in [1.807, 2.05) is 32.8 Å². The molecule has 0 unspecified atom stereocenters. The lowest BCUT2D eigenvalue weighted by Crippen LogP contribution is -2.48. The second-order valence-corrected chi connectivity index (χ2v) is 14.6. The van der Waals surface area contributed by atoms with Gasteiger partial charge in [0, 0.05) is 44.8 Å². The number of carbonyl (C=O) groups is 2. The Hall–Kier alpha value is -3.20. The molecule has 0 saturated carbocycles. The van der Waals surface area contributed by atoms with Crippen LogP contribution in [0.1, 0.15) is 74.7 Å². The molecule has 2 amide bonds. The lowest BCUT2D eigenvalue weighted by molar-refractivity contribution is -0.132. The Bertz CT molecular complexity index is 1430. The number of amides is 2. The molecule has 13 nitrogen and oxygen atoms in total. The van der Waals surface area contributed by atoms with Crippen molar-refractivity contribution >= 4 is 27.5 Å². The third-order valence-corrected chi connectivity index (χ3v) is 10.0. The van der Waals surface area contributed by atoms with Crippen molar-refractivity contribution in [3.8, 4) is 5.75 Å². The number of anilines is 1. The van der Waals surface area contributed by atoms with Crippen LogP contribution in [0.2, 0.25) is 0 Å². The molecule has 2 heterocycles. The predicted molar refractivity (Wildman–Crippen MR) is 179 cm³/mol. The molecule has 2 aromatic rings. The zero-order valence-corrected chi connectivity index (χ0v) is 29.9. The van der Waals surface area contributed by atoms with Crippen LogP contribution in [0.3, 0.4) is 0 Å². The fourth-order valence-corrected chi connectivity index (χ4v) is 7.00. The molecular formula is C33H53N5O8S. The van der Waals surface area contributed by atoms with E-state index in [1.165, 1.54) is 13.0 Å². The number of ether oxygens (including phenoxy) is 2. The van der Waals surface area contributed by atoms with E-state index >= 15 is 0 Å². The molecule has 1 aliphatic heterocycles. The van der Waals surface area contributed by atoms with Gasteiger partial charge in [-0.1, -0.05) is 12.1 Å². The van der Waals surface area contributed by atoms with Gasteiger partial charge in [-0.15, -0.1) is 0 Å². The van der Waals surface area contributed by atoms with E-state index in [1.54, 1.807) is 42.8 Å². The van der Waals surface area contributed by atoms with Gasteiger partial charge in [-0.05, 0) is 92.2 Å². The lowest BCUT2D eigenvalue weighted by atomic mass is 10.0. The number of aliphatic hydroxyl groups is 1. The van der Waals surface area contributed by atoms with E-state index < -0.39 is 22.0 Å². The largest absolute Gasteiger partial charge is 0.490 e. The Kier molecular flexibility index (Phi) is 14.1. The quantitative estimate of drug-likeness (QED) is 0.359. The number of nitrogens with zero attached hydrogens (tertiary/aromatic N) is 4. The SMILES string of the molecule is Cc1noc(C)c1S(=O)(=O)Nc1ccc2c(c1)C(=O)N([C@@H](C)CO)C[C@@H](C)[C@@H](CN(C)C(=O)CCCN(C)C)OCCCC[C@@H](C)O2. The molecule has 0 fully saturated rings. The van der Waals surface area contributed by atoms with Crippen molar-refractivity contribution in [1.82, 2.24) is 19.9 Å². The number of aromatic nitrogens is 1. The molecule has 47 heavy (non-hydrogen) atoms. The van der Waals surface area contributed by atoms with Crippen LogP contribution in [0.25, 0.3) is 0 Å². The molecule has 264 valence electrons. The summed E-state index contributed by atoms with van der Waals surface area (Å²) >= 11 is 0. The van der Waals surface area contributed by atoms with Gasteiger partial charge in [0.15, 0.2) is 10.7 Å². The molecule has 1 aromatic heterocycles. The maximum absolute atomic E-state index is 14.3. The number of hydrogen-bond acceptors (Lipinski definition) is 10. The first-order valence-electron chi connectivity index (χ1n) is 16.3. The van der Waals surface area contributed by atoms with Crippen molar-refractivity contribution in [2.75, 3.05) is 58.7 Å². The number of aryl methyl sites for hydroxylation is 2. The summed E-state index contributed by atoms with van der Waals surface area (Å²) in [4.78, 5) is 32.5. The van der Waals surface area contributed by atoms with Crippen molar-refractivity contribution < 1.29 is 37.1 Å². The molecule has 0 aliphatic carbocycles. The van der Waals surface area contributed by atoms with Crippen LogP contribution in [0.4, 0.5) is 5.69 Å². The average Bonchev–Trinajstić information content (AvgIpc) is 3.36. The van der Waals surface area contributed by atoms with Gasteiger partial charge in [0.1, 0.15) is 11.4 Å². The summed E-state index contributed by atoms with van der Waals surface area (Å²) in [6, 6.07) is 4.03. The minimum Gasteiger partial charge on any atom is -0.490 e. The summed E-state index contributed by atoms with van der Waals surface area (Å²) < 4.78 is 46.8. The Labute approximate surface area is 279 Å². The van der Waals surface area contributed by atoms with Crippen LogP contribution in [0, 0.1) is 19.8 Å². The summed E-state index contributed by atoms with van der Waals surface area (Å²) in [6.45, 7) is 10.3. The fraction of sp³-hybridized carbons (Fsp3) is 0.667. The highest BCUT2D eigenvalue weighted by molar-refractivity contribution is 7.92. The maximum Gasteiger partial charge on any atom is 0.267 e. The fourth-order valence-electron chi connectivity index (χ4n) is 5.62. The van der Waals surface area contributed by atoms with Crippen molar-refractivity contribution in [2.24, 2.45) is 5.92 Å². The molecule has 1 aromatic carbocycles. The van der Waals surface area contributed by atoms with Gasteiger partial charge in [0.2, 0.25) is 5.91 Å². The topological polar surface area (TPSA) is 155 Å². The third kappa shape index (κ3) is 10.6. The second-order valence-electron chi connectivity index (χ2n) is 13.0. The number of aliphatic hydroxyl groups excluding tert-OH is 1. The average molecular weight is 680 g/mol. The number of benzene rings is 1. The highest BCUT2D eigenvalue weighted by atomic mass is 32.2. The molecule has 0 spiro atoms. The smallest absolute Gasteiger partial charge is 0.267 e. The molecule has 1 aliphatic rings. The number of sulfonamides is 1. The number of likely N-dealkylation sites (N-methyl/N-ethyl adjacent to an activating group) is 1. The number of hydrogen-bond donors (Lipinski definition) is 2. The maximum atomic E-state index is 14.3.